The highest BCUT2D eigenvalue weighted by Crippen LogP contribution is 2.33. The van der Waals surface area contributed by atoms with Crippen molar-refractivity contribution in [2.75, 3.05) is 26.9 Å². The first kappa shape index (κ1) is 15.5. The Morgan fingerprint density at radius 3 is 2.79 bits per heavy atom. The minimum Gasteiger partial charge on any atom is -0.454 e. The van der Waals surface area contributed by atoms with Gasteiger partial charge in [0.05, 0.1) is 0 Å². The van der Waals surface area contributed by atoms with E-state index in [1.165, 1.54) is 17.5 Å². The predicted molar refractivity (Wildman–Crippen MR) is 94.5 cm³/mol. The largest absolute Gasteiger partial charge is 0.454 e. The van der Waals surface area contributed by atoms with E-state index in [0.29, 0.717) is 18.8 Å². The van der Waals surface area contributed by atoms with Gasteiger partial charge in [0, 0.05) is 25.0 Å². The summed E-state index contributed by atoms with van der Waals surface area (Å²) < 4.78 is 10.9. The van der Waals surface area contributed by atoms with Crippen LogP contribution in [0.1, 0.15) is 23.5 Å². The Balaban J connectivity index is 1.46. The number of hydrogen-bond donors (Lipinski definition) is 1. The Labute approximate surface area is 143 Å². The fraction of sp³-hybridized carbons (Fsp3) is 0.400. The first-order valence-corrected chi connectivity index (χ1v) is 8.65. The third-order valence-electron chi connectivity index (χ3n) is 5.05. The number of nitrogens with one attached hydrogen (secondary N) is 1. The second-order valence-electron chi connectivity index (χ2n) is 6.74. The molecule has 2 aliphatic rings. The highest BCUT2D eigenvalue weighted by Gasteiger charge is 2.28. The molecule has 0 amide bonds. The number of ether oxygens (including phenoxy) is 2. The van der Waals surface area contributed by atoms with Crippen LogP contribution in [-0.4, -0.2) is 37.9 Å². The van der Waals surface area contributed by atoms with Crippen LogP contribution >= 0.6 is 0 Å². The number of fused-ring (bicyclic) bond motifs is 1. The van der Waals surface area contributed by atoms with Gasteiger partial charge < -0.3 is 19.7 Å². The van der Waals surface area contributed by atoms with Crippen LogP contribution < -0.4 is 14.8 Å². The second-order valence-corrected chi connectivity index (χ2v) is 6.74. The topological polar surface area (TPSA) is 33.7 Å². The summed E-state index contributed by atoms with van der Waals surface area (Å²) in [6.07, 6.45) is 1.17. The van der Waals surface area contributed by atoms with Crippen molar-refractivity contribution in [3.63, 3.8) is 0 Å². The summed E-state index contributed by atoms with van der Waals surface area (Å²) in [5.41, 5.74) is 2.66. The molecule has 126 valence electrons. The van der Waals surface area contributed by atoms with Crippen LogP contribution in [0.2, 0.25) is 0 Å². The molecule has 2 atom stereocenters. The molecular formula is C20H24N2O2. The summed E-state index contributed by atoms with van der Waals surface area (Å²) in [6.45, 7) is 3.43. The van der Waals surface area contributed by atoms with Gasteiger partial charge in [-0.15, -0.1) is 0 Å². The molecule has 0 spiro atoms. The van der Waals surface area contributed by atoms with Gasteiger partial charge >= 0.3 is 0 Å². The lowest BCUT2D eigenvalue weighted by atomic mass is 9.86. The van der Waals surface area contributed by atoms with Crippen molar-refractivity contribution in [2.45, 2.75) is 24.9 Å². The first-order chi connectivity index (χ1) is 11.8. The molecule has 4 heteroatoms. The molecule has 0 aliphatic carbocycles. The van der Waals surface area contributed by atoms with Crippen molar-refractivity contribution < 1.29 is 9.47 Å². The Morgan fingerprint density at radius 2 is 1.92 bits per heavy atom. The molecule has 1 N–H and O–H groups in total. The zero-order valence-electron chi connectivity index (χ0n) is 14.1. The van der Waals surface area contributed by atoms with E-state index in [1.807, 2.05) is 6.07 Å². The van der Waals surface area contributed by atoms with E-state index in [-0.39, 0.29) is 0 Å². The highest BCUT2D eigenvalue weighted by molar-refractivity contribution is 5.44. The maximum Gasteiger partial charge on any atom is 0.231 e. The highest BCUT2D eigenvalue weighted by atomic mass is 16.7. The zero-order valence-corrected chi connectivity index (χ0v) is 14.1. The summed E-state index contributed by atoms with van der Waals surface area (Å²) in [6, 6.07) is 17.6. The molecule has 2 heterocycles. The monoisotopic (exact) mass is 324 g/mol. The molecule has 2 aromatic carbocycles. The summed E-state index contributed by atoms with van der Waals surface area (Å²) in [4.78, 5) is 2.43. The summed E-state index contributed by atoms with van der Waals surface area (Å²) in [7, 11) is 2.21. The quantitative estimate of drug-likeness (QED) is 0.937. The lowest BCUT2D eigenvalue weighted by molar-refractivity contribution is 0.174. The van der Waals surface area contributed by atoms with Crippen molar-refractivity contribution in [3.8, 4) is 11.5 Å². The van der Waals surface area contributed by atoms with E-state index < -0.39 is 0 Å². The van der Waals surface area contributed by atoms with Crippen LogP contribution in [-0.2, 0) is 6.54 Å². The number of likely N-dealkylation sites (N-methyl/N-ethyl adjacent to an activating group) is 1. The van der Waals surface area contributed by atoms with Crippen molar-refractivity contribution in [3.05, 3.63) is 59.7 Å². The summed E-state index contributed by atoms with van der Waals surface area (Å²) in [5.74, 6) is 2.23. The molecule has 0 aromatic heterocycles. The van der Waals surface area contributed by atoms with Gasteiger partial charge in [-0.1, -0.05) is 36.4 Å². The first-order valence-electron chi connectivity index (χ1n) is 8.65. The number of piperidine rings is 1. The minimum absolute atomic E-state index is 0.331. The molecule has 1 saturated heterocycles. The summed E-state index contributed by atoms with van der Waals surface area (Å²) >= 11 is 0. The van der Waals surface area contributed by atoms with E-state index >= 15 is 0 Å². The van der Waals surface area contributed by atoms with Crippen molar-refractivity contribution in [1.82, 2.24) is 10.2 Å². The molecule has 1 fully saturated rings. The maximum absolute atomic E-state index is 5.48. The van der Waals surface area contributed by atoms with Crippen LogP contribution in [0.15, 0.2) is 48.5 Å². The molecule has 2 aliphatic heterocycles. The van der Waals surface area contributed by atoms with Crippen molar-refractivity contribution in [1.29, 1.82) is 0 Å². The molecule has 0 saturated carbocycles. The third kappa shape index (κ3) is 3.25. The maximum atomic E-state index is 5.48. The Hall–Kier alpha value is -2.04. The molecule has 2 unspecified atom stereocenters. The fourth-order valence-electron chi connectivity index (χ4n) is 3.70. The predicted octanol–water partition coefficient (Wildman–Crippen LogP) is 2.99. The number of rotatable bonds is 4. The third-order valence-corrected chi connectivity index (χ3v) is 5.05. The van der Waals surface area contributed by atoms with Crippen LogP contribution in [0.25, 0.3) is 0 Å². The number of likely N-dealkylation sites (tertiary alicyclic amines) is 1. The van der Waals surface area contributed by atoms with E-state index in [1.54, 1.807) is 0 Å². The fourth-order valence-corrected chi connectivity index (χ4v) is 3.70. The van der Waals surface area contributed by atoms with E-state index in [2.05, 4.69) is 59.7 Å². The van der Waals surface area contributed by atoms with Gasteiger partial charge in [-0.2, -0.15) is 0 Å². The van der Waals surface area contributed by atoms with Gasteiger partial charge in [0.15, 0.2) is 11.5 Å². The zero-order chi connectivity index (χ0) is 16.4. The SMILES string of the molecule is CN1CCC(NCc2ccc3c(c2)OCO3)C(c2ccccc2)C1. The van der Waals surface area contributed by atoms with Crippen LogP contribution in [0, 0.1) is 0 Å². The molecule has 24 heavy (non-hydrogen) atoms. The van der Waals surface area contributed by atoms with E-state index in [9.17, 15) is 0 Å². The van der Waals surface area contributed by atoms with Crippen LogP contribution in [0.5, 0.6) is 11.5 Å². The molecule has 0 radical (unpaired) electrons. The molecular weight excluding hydrogens is 300 g/mol. The molecule has 4 rings (SSSR count). The van der Waals surface area contributed by atoms with Gasteiger partial charge in [0.1, 0.15) is 0 Å². The number of nitrogens with zero attached hydrogens (tertiary/aromatic N) is 1. The van der Waals surface area contributed by atoms with Crippen LogP contribution in [0.3, 0.4) is 0 Å². The Morgan fingerprint density at radius 1 is 1.08 bits per heavy atom. The molecule has 0 bridgehead atoms. The standard InChI is InChI=1S/C20H24N2O2/c1-22-10-9-18(17(13-22)16-5-3-2-4-6-16)21-12-15-7-8-19-20(11-15)24-14-23-19/h2-8,11,17-18,21H,9-10,12-14H2,1H3. The second kappa shape index (κ2) is 6.83. The van der Waals surface area contributed by atoms with Gasteiger partial charge in [0.25, 0.3) is 0 Å². The molecule has 4 nitrogen and oxygen atoms in total. The average molecular weight is 324 g/mol. The Kier molecular flexibility index (Phi) is 4.41. The van der Waals surface area contributed by atoms with Crippen molar-refractivity contribution in [2.24, 2.45) is 0 Å². The van der Waals surface area contributed by atoms with Gasteiger partial charge in [0.2, 0.25) is 6.79 Å². The molecule has 2 aromatic rings. The van der Waals surface area contributed by atoms with Gasteiger partial charge in [-0.25, -0.2) is 0 Å². The number of benzene rings is 2. The van der Waals surface area contributed by atoms with Crippen LogP contribution in [0.4, 0.5) is 0 Å². The van der Waals surface area contributed by atoms with Crippen molar-refractivity contribution >= 4 is 0 Å². The minimum atomic E-state index is 0.331. The Bertz CT molecular complexity index is 689. The normalized spacial score (nSPS) is 23.4. The summed E-state index contributed by atoms with van der Waals surface area (Å²) in [5, 5.41) is 3.78. The lowest BCUT2D eigenvalue weighted by Crippen LogP contribution is -2.46. The van der Waals surface area contributed by atoms with Gasteiger partial charge in [-0.05, 0) is 43.3 Å². The average Bonchev–Trinajstić information content (AvgIpc) is 3.09. The number of hydrogen-bond acceptors (Lipinski definition) is 4. The van der Waals surface area contributed by atoms with Gasteiger partial charge in [-0.3, -0.25) is 0 Å². The van der Waals surface area contributed by atoms with E-state index in [0.717, 1.165) is 31.1 Å². The smallest absolute Gasteiger partial charge is 0.231 e. The van der Waals surface area contributed by atoms with E-state index in [4.69, 9.17) is 9.47 Å². The lowest BCUT2D eigenvalue weighted by Gasteiger charge is -2.37.